The number of nitrogens with zero attached hydrogens (tertiary/aromatic N) is 3. The van der Waals surface area contributed by atoms with Crippen molar-refractivity contribution in [2.45, 2.75) is 103 Å². The van der Waals surface area contributed by atoms with Gasteiger partial charge in [-0.05, 0) is 53.0 Å². The van der Waals surface area contributed by atoms with E-state index in [2.05, 4.69) is 12.3 Å². The van der Waals surface area contributed by atoms with E-state index in [1.165, 1.54) is 38.5 Å². The predicted octanol–water partition coefficient (Wildman–Crippen LogP) is 9.17. The van der Waals surface area contributed by atoms with Gasteiger partial charge in [0.05, 0.1) is 22.5 Å². The third-order valence-electron chi connectivity index (χ3n) is 8.43. The first-order chi connectivity index (χ1) is 21.6. The molecule has 0 aliphatic carbocycles. The molecule has 2 aliphatic rings. The number of benzene rings is 2. The quantitative estimate of drug-likeness (QED) is 0.131. The molecule has 2 aliphatic heterocycles. The minimum Gasteiger partial charge on any atom is -0.263 e. The third kappa shape index (κ3) is 10.8. The molecule has 1 atom stereocenters. The molecule has 0 bridgehead atoms. The Morgan fingerprint density at radius 1 is 0.889 bits per heavy atom. The van der Waals surface area contributed by atoms with Crippen molar-refractivity contribution in [1.82, 2.24) is 5.43 Å². The molecule has 0 radical (unpaired) electrons. The number of nitrogens with one attached hydrogen (secondary N) is 1. The lowest BCUT2D eigenvalue weighted by Crippen LogP contribution is -2.64. The van der Waals surface area contributed by atoms with Crippen LogP contribution in [-0.4, -0.2) is 43.6 Å². The molecule has 2 aromatic rings. The van der Waals surface area contributed by atoms with Gasteiger partial charge in [-0.25, -0.2) is 0 Å². The van der Waals surface area contributed by atoms with Crippen LogP contribution in [0.1, 0.15) is 108 Å². The van der Waals surface area contributed by atoms with Crippen molar-refractivity contribution in [3.63, 3.8) is 0 Å². The molecule has 248 valence electrons. The van der Waals surface area contributed by atoms with Crippen LogP contribution in [0.4, 0.5) is 5.69 Å². The Bertz CT molecular complexity index is 1400. The number of halogens is 3. The highest BCUT2D eigenvalue weighted by Gasteiger charge is 2.43. The Morgan fingerprint density at radius 3 is 2.11 bits per heavy atom. The van der Waals surface area contributed by atoms with Crippen molar-refractivity contribution in [2.75, 3.05) is 23.9 Å². The van der Waals surface area contributed by atoms with Crippen LogP contribution in [0.5, 0.6) is 0 Å². The summed E-state index contributed by atoms with van der Waals surface area (Å²) in [4.78, 5) is 13.8. The fraction of sp³-hybridized carbons (Fsp3) is 0.576. The Labute approximate surface area is 283 Å². The maximum absolute atomic E-state index is 13.8. The second-order valence-electron chi connectivity index (χ2n) is 12.1. The van der Waals surface area contributed by atoms with Gasteiger partial charge in [-0.3, -0.25) is 9.80 Å². The maximum Gasteiger partial charge on any atom is 0.317 e. The first kappa shape index (κ1) is 36.0. The minimum absolute atomic E-state index is 0.0677. The van der Waals surface area contributed by atoms with Gasteiger partial charge in [0.25, 0.3) is 0 Å². The van der Waals surface area contributed by atoms with Gasteiger partial charge in [0.15, 0.2) is 0 Å². The topological polar surface area (TPSA) is 88.1 Å². The summed E-state index contributed by atoms with van der Waals surface area (Å²) in [5.74, 6) is -0.542. The molecule has 2 heterocycles. The Kier molecular flexibility index (Phi) is 13.8. The summed E-state index contributed by atoms with van der Waals surface area (Å²) in [6.45, 7) is 2.95. The van der Waals surface area contributed by atoms with E-state index in [1.807, 2.05) is 12.1 Å². The van der Waals surface area contributed by atoms with Gasteiger partial charge in [-0.2, -0.15) is 18.9 Å². The van der Waals surface area contributed by atoms with Crippen LogP contribution in [-0.2, 0) is 19.2 Å². The van der Waals surface area contributed by atoms with Crippen LogP contribution >= 0.6 is 34.8 Å². The van der Waals surface area contributed by atoms with Gasteiger partial charge in [0.2, 0.25) is 0 Å². The second kappa shape index (κ2) is 17.3. The Hall–Kier alpha value is -1.88. The minimum atomic E-state index is -3.87. The van der Waals surface area contributed by atoms with Crippen LogP contribution in [0.15, 0.2) is 47.6 Å². The number of hydrogen-bond acceptors (Lipinski definition) is 6. The number of hydrogen-bond donors (Lipinski definition) is 1. The van der Waals surface area contributed by atoms with Crippen LogP contribution in [0, 0.1) is 0 Å². The number of rotatable bonds is 17. The summed E-state index contributed by atoms with van der Waals surface area (Å²) in [6, 6.07) is 12.1. The van der Waals surface area contributed by atoms with Crippen molar-refractivity contribution in [1.29, 1.82) is 0 Å². The summed E-state index contributed by atoms with van der Waals surface area (Å²) in [5, 5.41) is 7.88. The molecule has 1 fully saturated rings. The molecule has 4 rings (SSSR count). The predicted molar refractivity (Wildman–Crippen MR) is 184 cm³/mol. The average molecular weight is 701 g/mol. The fourth-order valence-electron chi connectivity index (χ4n) is 5.98. The maximum atomic E-state index is 13.8. The molecule has 45 heavy (non-hydrogen) atoms. The molecule has 8 nitrogen and oxygen atoms in total. The van der Waals surface area contributed by atoms with Crippen molar-refractivity contribution in [2.24, 2.45) is 5.10 Å². The highest BCUT2D eigenvalue weighted by molar-refractivity contribution is 7.86. The number of anilines is 1. The fourth-order valence-corrected chi connectivity index (χ4v) is 7.85. The third-order valence-corrected chi connectivity index (χ3v) is 10.5. The number of unbranched alkanes of at least 4 members (excludes halogenated alkanes) is 9. The Balaban J connectivity index is 1.40. The van der Waals surface area contributed by atoms with E-state index < -0.39 is 20.8 Å². The molecule has 0 saturated carbocycles. The molecule has 1 amide bonds. The molecular weight excluding hydrogens is 655 g/mol. The van der Waals surface area contributed by atoms with E-state index >= 15 is 0 Å². The van der Waals surface area contributed by atoms with Crippen LogP contribution in [0.3, 0.4) is 0 Å². The average Bonchev–Trinajstić information content (AvgIpc) is 3.44. The van der Waals surface area contributed by atoms with Gasteiger partial charge in [-0.15, -0.1) is 0 Å². The summed E-state index contributed by atoms with van der Waals surface area (Å²) in [7, 11) is -3.87. The van der Waals surface area contributed by atoms with Crippen LogP contribution in [0.25, 0.3) is 0 Å². The van der Waals surface area contributed by atoms with E-state index in [1.54, 1.807) is 35.3 Å². The molecule has 2 aromatic carbocycles. The van der Waals surface area contributed by atoms with Crippen LogP contribution in [0.2, 0.25) is 15.1 Å². The number of carbonyl (C=O) groups excluding carboxylic acids is 1. The smallest absolute Gasteiger partial charge is 0.263 e. The van der Waals surface area contributed by atoms with E-state index in [9.17, 15) is 13.2 Å². The number of quaternary nitrogens is 1. The van der Waals surface area contributed by atoms with Gasteiger partial charge < -0.3 is 0 Å². The van der Waals surface area contributed by atoms with E-state index in [0.29, 0.717) is 40.3 Å². The summed E-state index contributed by atoms with van der Waals surface area (Å²) >= 11 is 18.8. The molecule has 1 N–H and O–H groups in total. The summed E-state index contributed by atoms with van der Waals surface area (Å²) < 4.78 is 31.6. The standard InChI is InChI=1S/C33H45Cl3N4O4S/c1-2-3-4-5-6-7-8-9-10-14-23-45(42,43)44-40(21-12-11-13-22-40)38-33(41)30-25-32(26-15-17-27(34)18-16-26)39(37-30)31-20-19-28(35)24-29(31)36/h15-20,24,32H,2-14,21-23,25H2,1H3/p+1/t32-/m0/s1. The first-order valence-corrected chi connectivity index (χ1v) is 19.0. The second-order valence-corrected chi connectivity index (χ2v) is 15.1. The van der Waals surface area contributed by atoms with Gasteiger partial charge >= 0.3 is 16.0 Å². The zero-order chi connectivity index (χ0) is 32.3. The molecular formula is C33H46Cl3N4O4S+. The van der Waals surface area contributed by atoms with E-state index in [0.717, 1.165) is 44.1 Å². The summed E-state index contributed by atoms with van der Waals surface area (Å²) in [5.41, 5.74) is 4.66. The largest absolute Gasteiger partial charge is 0.317 e. The molecule has 12 heteroatoms. The normalized spacial score (nSPS) is 18.2. The number of hydrazone groups is 1. The Morgan fingerprint density at radius 2 is 1.49 bits per heavy atom. The zero-order valence-electron chi connectivity index (χ0n) is 26.2. The van der Waals surface area contributed by atoms with Crippen molar-refractivity contribution in [3.8, 4) is 0 Å². The number of amides is 1. The lowest BCUT2D eigenvalue weighted by atomic mass is 10.0. The lowest BCUT2D eigenvalue weighted by Gasteiger charge is -2.35. The van der Waals surface area contributed by atoms with Crippen molar-refractivity contribution in [3.05, 3.63) is 63.1 Å². The van der Waals surface area contributed by atoms with Gasteiger partial charge in [-0.1, -0.05) is 116 Å². The number of piperidine rings is 1. The first-order valence-electron chi connectivity index (χ1n) is 16.3. The molecule has 1 saturated heterocycles. The molecule has 0 unspecified atom stereocenters. The van der Waals surface area contributed by atoms with Gasteiger partial charge in [0, 0.05) is 29.3 Å². The number of carbonyl (C=O) groups is 1. The SMILES string of the molecule is CCCCCCCCCCCCS(=O)(=O)O[N+]1(NC(=O)C2=NN(c3ccc(Cl)cc3Cl)[C@H](c3ccc(Cl)cc3)C2)CCCCC1. The monoisotopic (exact) mass is 699 g/mol. The zero-order valence-corrected chi connectivity index (χ0v) is 29.2. The van der Waals surface area contributed by atoms with Crippen LogP contribution < -0.4 is 10.4 Å². The van der Waals surface area contributed by atoms with E-state index in [4.69, 9.17) is 44.2 Å². The lowest BCUT2D eigenvalue weighted by molar-refractivity contribution is -1.11. The number of hydroxylamine groups is 2. The van der Waals surface area contributed by atoms with Crippen molar-refractivity contribution >= 4 is 62.2 Å². The van der Waals surface area contributed by atoms with Gasteiger partial charge in [0.1, 0.15) is 18.8 Å². The molecule has 0 spiro atoms. The highest BCUT2D eigenvalue weighted by Crippen LogP contribution is 2.40. The highest BCUT2D eigenvalue weighted by atomic mass is 35.5. The molecule has 0 aromatic heterocycles. The summed E-state index contributed by atoms with van der Waals surface area (Å²) in [6.07, 6.45) is 13.8. The van der Waals surface area contributed by atoms with Crippen molar-refractivity contribution < 1.29 is 22.3 Å². The van der Waals surface area contributed by atoms with E-state index in [-0.39, 0.29) is 23.9 Å².